The Morgan fingerprint density at radius 2 is 1.73 bits per heavy atom. The first-order chi connectivity index (χ1) is 10.7. The average Bonchev–Trinajstić information content (AvgIpc) is 2.79. The molecule has 2 bridgehead atoms. The minimum atomic E-state index is -0.429. The summed E-state index contributed by atoms with van der Waals surface area (Å²) in [4.78, 5) is 2.62. The molecule has 2 aliphatic rings. The van der Waals surface area contributed by atoms with Crippen molar-refractivity contribution in [2.24, 2.45) is 0 Å². The zero-order valence-electron chi connectivity index (χ0n) is 13.3. The fourth-order valence-electron chi connectivity index (χ4n) is 4.82. The Morgan fingerprint density at radius 1 is 1.05 bits per heavy atom. The third-order valence-corrected chi connectivity index (χ3v) is 5.61. The maximum Gasteiger partial charge on any atom is 0.0686 e. The van der Waals surface area contributed by atoms with E-state index in [4.69, 9.17) is 0 Å². The molecule has 2 saturated heterocycles. The van der Waals surface area contributed by atoms with Crippen LogP contribution in [0.25, 0.3) is 10.8 Å². The molecule has 22 heavy (non-hydrogen) atoms. The third-order valence-electron chi connectivity index (χ3n) is 5.61. The van der Waals surface area contributed by atoms with E-state index in [1.807, 2.05) is 0 Å². The second-order valence-electron chi connectivity index (χ2n) is 7.17. The lowest BCUT2D eigenvalue weighted by Gasteiger charge is -2.45. The standard InChI is InChI=1S/C20H25NO/c1-2-12-20(22)13-16-10-11-17(14-20)21(16)19-9-5-7-15-6-3-4-8-18(15)19/h3-9,16-17,22H,2,10-14H2,1H3. The smallest absolute Gasteiger partial charge is 0.0686 e. The van der Waals surface area contributed by atoms with Gasteiger partial charge in [0.1, 0.15) is 0 Å². The molecule has 4 rings (SSSR count). The number of hydrogen-bond donors (Lipinski definition) is 1. The average molecular weight is 295 g/mol. The van der Waals surface area contributed by atoms with Gasteiger partial charge < -0.3 is 10.0 Å². The van der Waals surface area contributed by atoms with Gasteiger partial charge in [-0.25, -0.2) is 0 Å². The van der Waals surface area contributed by atoms with Crippen LogP contribution >= 0.6 is 0 Å². The zero-order chi connectivity index (χ0) is 15.2. The topological polar surface area (TPSA) is 23.5 Å². The molecule has 1 N–H and O–H groups in total. The summed E-state index contributed by atoms with van der Waals surface area (Å²) in [7, 11) is 0. The lowest BCUT2D eigenvalue weighted by Crippen LogP contribution is -2.51. The van der Waals surface area contributed by atoms with Gasteiger partial charge in [0.05, 0.1) is 5.60 Å². The quantitative estimate of drug-likeness (QED) is 0.901. The molecule has 2 aromatic carbocycles. The number of aliphatic hydroxyl groups is 1. The van der Waals surface area contributed by atoms with Gasteiger partial charge in [0, 0.05) is 23.2 Å². The molecule has 2 fully saturated rings. The summed E-state index contributed by atoms with van der Waals surface area (Å²) in [6.45, 7) is 2.18. The van der Waals surface area contributed by atoms with Crippen molar-refractivity contribution in [1.82, 2.24) is 0 Å². The van der Waals surface area contributed by atoms with Crippen molar-refractivity contribution < 1.29 is 5.11 Å². The minimum absolute atomic E-state index is 0.429. The molecule has 2 heterocycles. The fraction of sp³-hybridized carbons (Fsp3) is 0.500. The van der Waals surface area contributed by atoms with Crippen LogP contribution in [-0.4, -0.2) is 22.8 Å². The number of fused-ring (bicyclic) bond motifs is 3. The Labute approximate surface area is 132 Å². The van der Waals surface area contributed by atoms with Crippen molar-refractivity contribution in [3.8, 4) is 0 Å². The summed E-state index contributed by atoms with van der Waals surface area (Å²) in [6.07, 6.45) is 6.33. The maximum absolute atomic E-state index is 10.9. The molecule has 2 atom stereocenters. The number of piperidine rings is 1. The molecule has 2 heteroatoms. The van der Waals surface area contributed by atoms with Crippen LogP contribution in [0.2, 0.25) is 0 Å². The lowest BCUT2D eigenvalue weighted by atomic mass is 9.82. The number of benzene rings is 2. The van der Waals surface area contributed by atoms with E-state index in [1.54, 1.807) is 0 Å². The largest absolute Gasteiger partial charge is 0.390 e. The van der Waals surface area contributed by atoms with E-state index in [0.717, 1.165) is 25.7 Å². The van der Waals surface area contributed by atoms with Crippen molar-refractivity contribution in [1.29, 1.82) is 0 Å². The van der Waals surface area contributed by atoms with Crippen LogP contribution in [0, 0.1) is 0 Å². The highest BCUT2D eigenvalue weighted by Crippen LogP contribution is 2.46. The Hall–Kier alpha value is -1.54. The van der Waals surface area contributed by atoms with Gasteiger partial charge >= 0.3 is 0 Å². The zero-order valence-corrected chi connectivity index (χ0v) is 13.3. The summed E-state index contributed by atoms with van der Waals surface area (Å²) >= 11 is 0. The predicted molar refractivity (Wildman–Crippen MR) is 92.3 cm³/mol. The van der Waals surface area contributed by atoms with E-state index < -0.39 is 5.60 Å². The Bertz CT molecular complexity index is 661. The van der Waals surface area contributed by atoms with Gasteiger partial charge in [-0.2, -0.15) is 0 Å². The van der Waals surface area contributed by atoms with Gasteiger partial charge in [0.2, 0.25) is 0 Å². The van der Waals surface area contributed by atoms with Crippen LogP contribution in [0.4, 0.5) is 5.69 Å². The second kappa shape index (κ2) is 5.27. The van der Waals surface area contributed by atoms with E-state index in [-0.39, 0.29) is 0 Å². The van der Waals surface area contributed by atoms with E-state index >= 15 is 0 Å². The molecule has 0 radical (unpaired) electrons. The van der Waals surface area contributed by atoms with E-state index in [2.05, 4.69) is 54.3 Å². The normalized spacial score (nSPS) is 30.9. The van der Waals surface area contributed by atoms with Crippen LogP contribution in [-0.2, 0) is 0 Å². The van der Waals surface area contributed by atoms with Crippen LogP contribution in [0.3, 0.4) is 0 Å². The van der Waals surface area contributed by atoms with Gasteiger partial charge in [0.15, 0.2) is 0 Å². The molecule has 0 spiro atoms. The summed E-state index contributed by atoms with van der Waals surface area (Å²) < 4.78 is 0. The Kier molecular flexibility index (Phi) is 3.37. The first-order valence-corrected chi connectivity index (χ1v) is 8.69. The predicted octanol–water partition coefficient (Wildman–Crippen LogP) is 4.50. The molecule has 0 amide bonds. The highest BCUT2D eigenvalue weighted by molar-refractivity contribution is 5.94. The molecule has 2 aliphatic heterocycles. The first-order valence-electron chi connectivity index (χ1n) is 8.69. The summed E-state index contributed by atoms with van der Waals surface area (Å²) in [5.41, 5.74) is 0.936. The third kappa shape index (κ3) is 2.21. The fourth-order valence-corrected chi connectivity index (χ4v) is 4.82. The van der Waals surface area contributed by atoms with Crippen molar-refractivity contribution in [2.75, 3.05) is 4.90 Å². The Morgan fingerprint density at radius 3 is 2.45 bits per heavy atom. The van der Waals surface area contributed by atoms with Gasteiger partial charge in [-0.1, -0.05) is 49.7 Å². The SMILES string of the molecule is CCCC1(O)CC2CCC(C1)N2c1cccc2ccccc12. The number of hydrogen-bond acceptors (Lipinski definition) is 2. The highest BCUT2D eigenvalue weighted by atomic mass is 16.3. The molecule has 2 aromatic rings. The molecule has 2 unspecified atom stereocenters. The molecule has 0 aliphatic carbocycles. The first kappa shape index (κ1) is 14.1. The highest BCUT2D eigenvalue weighted by Gasteiger charge is 2.47. The monoisotopic (exact) mass is 295 g/mol. The summed E-state index contributed by atoms with van der Waals surface area (Å²) in [5.74, 6) is 0. The molecule has 0 aromatic heterocycles. The molecule has 0 saturated carbocycles. The molecular weight excluding hydrogens is 270 g/mol. The molecular formula is C20H25NO. The van der Waals surface area contributed by atoms with Gasteiger partial charge in [0.25, 0.3) is 0 Å². The second-order valence-corrected chi connectivity index (χ2v) is 7.17. The number of nitrogens with zero attached hydrogens (tertiary/aromatic N) is 1. The van der Waals surface area contributed by atoms with Crippen molar-refractivity contribution >= 4 is 16.5 Å². The van der Waals surface area contributed by atoms with Crippen LogP contribution in [0.1, 0.15) is 45.4 Å². The van der Waals surface area contributed by atoms with Crippen LogP contribution < -0.4 is 4.90 Å². The lowest BCUT2D eigenvalue weighted by molar-refractivity contribution is -0.00644. The van der Waals surface area contributed by atoms with E-state index in [0.29, 0.717) is 12.1 Å². The van der Waals surface area contributed by atoms with Crippen molar-refractivity contribution in [3.05, 3.63) is 42.5 Å². The van der Waals surface area contributed by atoms with Crippen molar-refractivity contribution in [2.45, 2.75) is 63.1 Å². The molecule has 2 nitrogen and oxygen atoms in total. The van der Waals surface area contributed by atoms with Gasteiger partial charge in [-0.15, -0.1) is 0 Å². The van der Waals surface area contributed by atoms with E-state index in [1.165, 1.54) is 29.3 Å². The number of rotatable bonds is 3. The number of anilines is 1. The van der Waals surface area contributed by atoms with Crippen LogP contribution in [0.15, 0.2) is 42.5 Å². The van der Waals surface area contributed by atoms with Gasteiger partial charge in [-0.05, 0) is 43.6 Å². The van der Waals surface area contributed by atoms with E-state index in [9.17, 15) is 5.11 Å². The maximum atomic E-state index is 10.9. The van der Waals surface area contributed by atoms with Gasteiger partial charge in [-0.3, -0.25) is 0 Å². The Balaban J connectivity index is 1.72. The van der Waals surface area contributed by atoms with Crippen LogP contribution in [0.5, 0.6) is 0 Å². The molecule has 116 valence electrons. The summed E-state index contributed by atoms with van der Waals surface area (Å²) in [5, 5.41) is 13.6. The summed E-state index contributed by atoms with van der Waals surface area (Å²) in [6, 6.07) is 16.3. The minimum Gasteiger partial charge on any atom is -0.390 e. The van der Waals surface area contributed by atoms with Crippen molar-refractivity contribution in [3.63, 3.8) is 0 Å².